The van der Waals surface area contributed by atoms with Gasteiger partial charge in [0.25, 0.3) is 0 Å². The Morgan fingerprint density at radius 2 is 1.86 bits per heavy atom. The largest absolute Gasteiger partial charge is 0.493 e. The number of nitrogens with zero attached hydrogens (tertiary/aromatic N) is 1. The fraction of sp³-hybridized carbons (Fsp3) is 0.167. The van der Waals surface area contributed by atoms with E-state index in [0.29, 0.717) is 18.1 Å². The first kappa shape index (κ1) is 14.7. The zero-order chi connectivity index (χ0) is 15.1. The molecule has 0 amide bonds. The Hall–Kier alpha value is -2.73. The van der Waals surface area contributed by atoms with Crippen molar-refractivity contribution in [3.63, 3.8) is 0 Å². The van der Waals surface area contributed by atoms with E-state index in [9.17, 15) is 0 Å². The van der Waals surface area contributed by atoms with Crippen LogP contribution >= 0.6 is 0 Å². The molecule has 0 N–H and O–H groups in total. The third-order valence-corrected chi connectivity index (χ3v) is 3.05. The predicted molar refractivity (Wildman–Crippen MR) is 83.2 cm³/mol. The lowest BCUT2D eigenvalue weighted by Crippen LogP contribution is -1.98. The van der Waals surface area contributed by atoms with Crippen LogP contribution in [0.4, 0.5) is 0 Å². The number of benzene rings is 2. The Morgan fingerprint density at radius 3 is 2.52 bits per heavy atom. The highest BCUT2D eigenvalue weighted by Crippen LogP contribution is 2.29. The van der Waals surface area contributed by atoms with Gasteiger partial charge in [-0.05, 0) is 36.3 Å². The van der Waals surface area contributed by atoms with Crippen LogP contribution in [-0.4, -0.2) is 7.11 Å². The van der Waals surface area contributed by atoms with Gasteiger partial charge >= 0.3 is 0 Å². The number of ether oxygens (including phenoxy) is 2. The second kappa shape index (κ2) is 7.16. The van der Waals surface area contributed by atoms with E-state index in [1.54, 1.807) is 13.2 Å². The summed E-state index contributed by atoms with van der Waals surface area (Å²) in [6.45, 7) is 2.55. The normalized spacial score (nSPS) is 10.3. The minimum absolute atomic E-state index is 0.490. The molecule has 0 unspecified atom stereocenters. The van der Waals surface area contributed by atoms with Crippen molar-refractivity contribution in [2.75, 3.05) is 7.11 Å². The third-order valence-electron chi connectivity index (χ3n) is 3.05. The number of allylic oxidation sites excluding steroid dienone is 1. The summed E-state index contributed by atoms with van der Waals surface area (Å²) in [5.74, 6) is 1.34. The molecule has 0 bridgehead atoms. The summed E-state index contributed by atoms with van der Waals surface area (Å²) in [5.41, 5.74) is 3.23. The summed E-state index contributed by atoms with van der Waals surface area (Å²) in [5, 5.41) is 8.55. The summed E-state index contributed by atoms with van der Waals surface area (Å²) < 4.78 is 11.1. The molecule has 0 radical (unpaired) electrons. The van der Waals surface area contributed by atoms with Crippen molar-refractivity contribution in [1.82, 2.24) is 0 Å². The van der Waals surface area contributed by atoms with E-state index in [-0.39, 0.29) is 0 Å². The molecule has 0 aliphatic carbocycles. The smallest absolute Gasteiger partial charge is 0.161 e. The van der Waals surface area contributed by atoms with Crippen LogP contribution in [0, 0.1) is 18.3 Å². The van der Waals surface area contributed by atoms with Crippen molar-refractivity contribution in [2.45, 2.75) is 13.5 Å². The van der Waals surface area contributed by atoms with E-state index in [2.05, 4.69) is 19.1 Å². The maximum Gasteiger partial charge on any atom is 0.161 e. The quantitative estimate of drug-likeness (QED) is 0.773. The van der Waals surface area contributed by atoms with Crippen LogP contribution in [0.1, 0.15) is 16.7 Å². The summed E-state index contributed by atoms with van der Waals surface area (Å²) in [6, 6.07) is 15.8. The average Bonchev–Trinajstić information content (AvgIpc) is 2.52. The fourth-order valence-corrected chi connectivity index (χ4v) is 1.89. The predicted octanol–water partition coefficient (Wildman–Crippen LogP) is 4.12. The van der Waals surface area contributed by atoms with E-state index in [1.165, 1.54) is 11.6 Å². The van der Waals surface area contributed by atoms with Crippen LogP contribution in [0.5, 0.6) is 11.5 Å². The second-order valence-electron chi connectivity index (χ2n) is 4.65. The Balaban J connectivity index is 2.10. The van der Waals surface area contributed by atoms with Gasteiger partial charge in [-0.3, -0.25) is 0 Å². The lowest BCUT2D eigenvalue weighted by atomic mass is 10.1. The zero-order valence-corrected chi connectivity index (χ0v) is 12.2. The SMILES string of the molecule is COc1cc(C=CC#N)ccc1OCc1ccc(C)cc1. The Morgan fingerprint density at radius 1 is 1.10 bits per heavy atom. The monoisotopic (exact) mass is 279 g/mol. The van der Waals surface area contributed by atoms with Gasteiger partial charge < -0.3 is 9.47 Å². The van der Waals surface area contributed by atoms with Crippen molar-refractivity contribution in [3.8, 4) is 17.6 Å². The van der Waals surface area contributed by atoms with Crippen molar-refractivity contribution >= 4 is 6.08 Å². The van der Waals surface area contributed by atoms with E-state index >= 15 is 0 Å². The van der Waals surface area contributed by atoms with Crippen molar-refractivity contribution < 1.29 is 9.47 Å². The summed E-state index contributed by atoms with van der Waals surface area (Å²) in [7, 11) is 1.60. The van der Waals surface area contributed by atoms with Crippen LogP contribution in [-0.2, 0) is 6.61 Å². The molecule has 0 aromatic heterocycles. The van der Waals surface area contributed by atoms with Gasteiger partial charge in [0.05, 0.1) is 13.2 Å². The molecule has 106 valence electrons. The molecule has 2 aromatic carbocycles. The van der Waals surface area contributed by atoms with Crippen molar-refractivity contribution in [1.29, 1.82) is 5.26 Å². The number of hydrogen-bond donors (Lipinski definition) is 0. The lowest BCUT2D eigenvalue weighted by molar-refractivity contribution is 0.284. The van der Waals surface area contributed by atoms with Crippen LogP contribution < -0.4 is 9.47 Å². The van der Waals surface area contributed by atoms with Gasteiger partial charge in [-0.15, -0.1) is 0 Å². The van der Waals surface area contributed by atoms with Crippen molar-refractivity contribution in [3.05, 3.63) is 65.2 Å². The highest BCUT2D eigenvalue weighted by atomic mass is 16.5. The van der Waals surface area contributed by atoms with Gasteiger partial charge in [-0.25, -0.2) is 0 Å². The molecule has 0 atom stereocenters. The molecule has 21 heavy (non-hydrogen) atoms. The third kappa shape index (κ3) is 4.12. The second-order valence-corrected chi connectivity index (χ2v) is 4.65. The van der Waals surface area contributed by atoms with Gasteiger partial charge in [0.15, 0.2) is 11.5 Å². The molecular weight excluding hydrogens is 262 g/mol. The maximum absolute atomic E-state index is 8.55. The molecule has 3 nitrogen and oxygen atoms in total. The highest BCUT2D eigenvalue weighted by Gasteiger charge is 2.05. The summed E-state index contributed by atoms with van der Waals surface area (Å²) in [6.07, 6.45) is 3.16. The van der Waals surface area contributed by atoms with E-state index in [4.69, 9.17) is 14.7 Å². The number of aryl methyl sites for hydroxylation is 1. The molecule has 0 aliphatic rings. The van der Waals surface area contributed by atoms with Gasteiger partial charge in [-0.2, -0.15) is 5.26 Å². The molecule has 0 fully saturated rings. The first-order valence-electron chi connectivity index (χ1n) is 6.65. The molecule has 2 rings (SSSR count). The Bertz CT molecular complexity index is 667. The average molecular weight is 279 g/mol. The van der Waals surface area contributed by atoms with Gasteiger partial charge in [0.2, 0.25) is 0 Å². The van der Waals surface area contributed by atoms with Crippen molar-refractivity contribution in [2.24, 2.45) is 0 Å². The maximum atomic E-state index is 8.55. The molecule has 0 spiro atoms. The molecular formula is C18H17NO2. The molecule has 3 heteroatoms. The molecule has 0 saturated heterocycles. The standard InChI is InChI=1S/C18H17NO2/c1-14-5-7-16(8-6-14)13-21-17-10-9-15(4-3-11-19)12-18(17)20-2/h3-10,12H,13H2,1-2H3. The Kier molecular flexibility index (Phi) is 5.00. The van der Waals surface area contributed by atoms with Gasteiger partial charge in [-0.1, -0.05) is 35.9 Å². The van der Waals surface area contributed by atoms with Crippen LogP contribution in [0.3, 0.4) is 0 Å². The number of rotatable bonds is 5. The molecule has 0 aliphatic heterocycles. The lowest BCUT2D eigenvalue weighted by Gasteiger charge is -2.11. The molecule has 0 saturated carbocycles. The van der Waals surface area contributed by atoms with E-state index in [0.717, 1.165) is 11.1 Å². The zero-order valence-electron chi connectivity index (χ0n) is 12.2. The molecule has 0 heterocycles. The highest BCUT2D eigenvalue weighted by molar-refractivity contribution is 5.57. The van der Waals surface area contributed by atoms with Crippen LogP contribution in [0.2, 0.25) is 0 Å². The van der Waals surface area contributed by atoms with E-state index < -0.39 is 0 Å². The van der Waals surface area contributed by atoms with Gasteiger partial charge in [0, 0.05) is 6.08 Å². The number of methoxy groups -OCH3 is 1. The van der Waals surface area contributed by atoms with E-state index in [1.807, 2.05) is 36.4 Å². The van der Waals surface area contributed by atoms with Crippen LogP contribution in [0.25, 0.3) is 6.08 Å². The first-order valence-corrected chi connectivity index (χ1v) is 6.65. The topological polar surface area (TPSA) is 42.2 Å². The fourth-order valence-electron chi connectivity index (χ4n) is 1.89. The summed E-state index contributed by atoms with van der Waals surface area (Å²) in [4.78, 5) is 0. The first-order chi connectivity index (χ1) is 10.2. The van der Waals surface area contributed by atoms with Crippen LogP contribution in [0.15, 0.2) is 48.5 Å². The molecule has 2 aromatic rings. The number of hydrogen-bond acceptors (Lipinski definition) is 3. The number of nitriles is 1. The minimum atomic E-state index is 0.490. The minimum Gasteiger partial charge on any atom is -0.493 e. The Labute approximate surface area is 125 Å². The van der Waals surface area contributed by atoms with Gasteiger partial charge in [0.1, 0.15) is 6.61 Å². The summed E-state index contributed by atoms with van der Waals surface area (Å²) >= 11 is 0.